The molecule has 26 heavy (non-hydrogen) atoms. The van der Waals surface area contributed by atoms with Crippen LogP contribution in [0.1, 0.15) is 12.0 Å². The molecule has 0 aromatic heterocycles. The van der Waals surface area contributed by atoms with Crippen LogP contribution in [0.3, 0.4) is 0 Å². The predicted molar refractivity (Wildman–Crippen MR) is 91.5 cm³/mol. The van der Waals surface area contributed by atoms with Crippen molar-refractivity contribution < 1.29 is 23.1 Å². The molecular formula is C19H18F2N2O3. The topological polar surface area (TPSA) is 58.6 Å². The molecule has 2 aromatic rings. The average molecular weight is 360 g/mol. The summed E-state index contributed by atoms with van der Waals surface area (Å²) in [4.78, 5) is 26.1. The number of carbonyl (C=O) groups is 2. The molecule has 0 radical (unpaired) electrons. The van der Waals surface area contributed by atoms with E-state index >= 15 is 0 Å². The van der Waals surface area contributed by atoms with Gasteiger partial charge in [0.05, 0.1) is 13.0 Å². The van der Waals surface area contributed by atoms with E-state index in [1.54, 1.807) is 12.0 Å². The maximum Gasteiger partial charge on any atom is 0.229 e. The molecule has 5 nitrogen and oxygen atoms in total. The molecule has 0 bridgehead atoms. The van der Waals surface area contributed by atoms with Gasteiger partial charge in [-0.15, -0.1) is 0 Å². The fourth-order valence-corrected chi connectivity index (χ4v) is 2.87. The highest BCUT2D eigenvalue weighted by atomic mass is 19.2. The van der Waals surface area contributed by atoms with E-state index in [0.29, 0.717) is 6.54 Å². The Hall–Kier alpha value is -2.96. The summed E-state index contributed by atoms with van der Waals surface area (Å²) in [6, 6.07) is 10.5. The van der Waals surface area contributed by atoms with Gasteiger partial charge < -0.3 is 15.0 Å². The molecule has 3 rings (SSSR count). The Morgan fingerprint density at radius 2 is 1.92 bits per heavy atom. The molecule has 0 spiro atoms. The summed E-state index contributed by atoms with van der Waals surface area (Å²) in [6.45, 7) is 0.679. The number of benzene rings is 2. The van der Waals surface area contributed by atoms with Gasteiger partial charge in [0.15, 0.2) is 11.6 Å². The highest BCUT2D eigenvalue weighted by molar-refractivity contribution is 5.97. The fourth-order valence-electron chi connectivity index (χ4n) is 2.87. The summed E-state index contributed by atoms with van der Waals surface area (Å²) < 4.78 is 31.3. The van der Waals surface area contributed by atoms with E-state index in [2.05, 4.69) is 5.32 Å². The molecule has 1 aliphatic heterocycles. The third-order valence-corrected chi connectivity index (χ3v) is 4.30. The molecule has 0 aliphatic carbocycles. The molecular weight excluding hydrogens is 342 g/mol. The number of likely N-dealkylation sites (tertiary alicyclic amines) is 1. The van der Waals surface area contributed by atoms with Gasteiger partial charge in [-0.2, -0.15) is 0 Å². The number of nitrogens with one attached hydrogen (secondary N) is 1. The van der Waals surface area contributed by atoms with Crippen LogP contribution in [0.25, 0.3) is 0 Å². The molecule has 1 fully saturated rings. The number of carbonyl (C=O) groups excluding carboxylic acids is 2. The van der Waals surface area contributed by atoms with E-state index in [9.17, 15) is 18.4 Å². The van der Waals surface area contributed by atoms with Gasteiger partial charge in [0.2, 0.25) is 11.8 Å². The van der Waals surface area contributed by atoms with E-state index in [4.69, 9.17) is 4.74 Å². The van der Waals surface area contributed by atoms with Crippen LogP contribution in [0.2, 0.25) is 0 Å². The SMILES string of the molecule is COc1ccc(CN2CC(C(=O)Nc3ccc(F)c(F)c3)CC2=O)cc1. The lowest BCUT2D eigenvalue weighted by molar-refractivity contribution is -0.128. The lowest BCUT2D eigenvalue weighted by atomic mass is 10.1. The van der Waals surface area contributed by atoms with E-state index in [1.165, 1.54) is 6.07 Å². The zero-order valence-corrected chi connectivity index (χ0v) is 14.2. The first-order valence-electron chi connectivity index (χ1n) is 8.13. The quantitative estimate of drug-likeness (QED) is 0.892. The number of nitrogens with zero attached hydrogens (tertiary/aromatic N) is 1. The molecule has 1 unspecified atom stereocenters. The summed E-state index contributed by atoms with van der Waals surface area (Å²) >= 11 is 0. The average Bonchev–Trinajstić information content (AvgIpc) is 3.00. The van der Waals surface area contributed by atoms with Crippen molar-refractivity contribution in [2.75, 3.05) is 19.0 Å². The monoisotopic (exact) mass is 360 g/mol. The summed E-state index contributed by atoms with van der Waals surface area (Å²) in [5.41, 5.74) is 1.09. The highest BCUT2D eigenvalue weighted by Gasteiger charge is 2.34. The fraction of sp³-hybridized carbons (Fsp3) is 0.263. The smallest absolute Gasteiger partial charge is 0.229 e. The number of methoxy groups -OCH3 is 1. The van der Waals surface area contributed by atoms with Crippen LogP contribution in [0.15, 0.2) is 42.5 Å². The molecule has 1 N–H and O–H groups in total. The first-order valence-corrected chi connectivity index (χ1v) is 8.13. The second-order valence-electron chi connectivity index (χ2n) is 6.14. The lowest BCUT2D eigenvalue weighted by Gasteiger charge is -2.17. The molecule has 1 saturated heterocycles. The van der Waals surface area contributed by atoms with E-state index in [-0.39, 0.29) is 30.5 Å². The first-order chi connectivity index (χ1) is 12.5. The first kappa shape index (κ1) is 17.8. The van der Waals surface area contributed by atoms with Crippen molar-refractivity contribution in [2.24, 2.45) is 5.92 Å². The van der Waals surface area contributed by atoms with Crippen LogP contribution in [0.5, 0.6) is 5.75 Å². The van der Waals surface area contributed by atoms with Crippen molar-refractivity contribution in [3.05, 3.63) is 59.7 Å². The van der Waals surface area contributed by atoms with Gasteiger partial charge in [0.25, 0.3) is 0 Å². The van der Waals surface area contributed by atoms with Crippen LogP contribution >= 0.6 is 0 Å². The second-order valence-corrected chi connectivity index (χ2v) is 6.14. The molecule has 1 heterocycles. The molecule has 2 amide bonds. The molecule has 1 atom stereocenters. The second kappa shape index (κ2) is 7.51. The number of hydrogen-bond donors (Lipinski definition) is 1. The van der Waals surface area contributed by atoms with Gasteiger partial charge in [-0.3, -0.25) is 9.59 Å². The third kappa shape index (κ3) is 3.99. The maximum atomic E-state index is 13.2. The van der Waals surface area contributed by atoms with Crippen LogP contribution in [0, 0.1) is 17.6 Å². The van der Waals surface area contributed by atoms with Gasteiger partial charge in [-0.1, -0.05) is 12.1 Å². The maximum absolute atomic E-state index is 13.2. The van der Waals surface area contributed by atoms with Gasteiger partial charge in [0.1, 0.15) is 5.75 Å². The van der Waals surface area contributed by atoms with Crippen LogP contribution in [-0.2, 0) is 16.1 Å². The number of halogens is 2. The van der Waals surface area contributed by atoms with E-state index in [1.807, 2.05) is 24.3 Å². The van der Waals surface area contributed by atoms with Crippen LogP contribution < -0.4 is 10.1 Å². The number of anilines is 1. The molecule has 136 valence electrons. The Balaban J connectivity index is 1.60. The van der Waals surface area contributed by atoms with Crippen molar-refractivity contribution in [2.45, 2.75) is 13.0 Å². The lowest BCUT2D eigenvalue weighted by Crippen LogP contribution is -2.28. The normalized spacial score (nSPS) is 16.7. The Labute approximate surface area is 149 Å². The molecule has 0 saturated carbocycles. The number of hydrogen-bond acceptors (Lipinski definition) is 3. The van der Waals surface area contributed by atoms with Crippen LogP contribution in [0.4, 0.5) is 14.5 Å². The Bertz CT molecular complexity index is 824. The van der Waals surface area contributed by atoms with Gasteiger partial charge in [0, 0.05) is 31.3 Å². The van der Waals surface area contributed by atoms with Crippen molar-refractivity contribution in [1.82, 2.24) is 4.90 Å². The Morgan fingerprint density at radius 1 is 1.19 bits per heavy atom. The summed E-state index contributed by atoms with van der Waals surface area (Å²) in [6.07, 6.45) is 0.0890. The summed E-state index contributed by atoms with van der Waals surface area (Å²) in [7, 11) is 1.58. The van der Waals surface area contributed by atoms with Crippen molar-refractivity contribution in [3.8, 4) is 5.75 Å². The number of ether oxygens (including phenoxy) is 1. The van der Waals surface area contributed by atoms with Crippen molar-refractivity contribution in [1.29, 1.82) is 0 Å². The summed E-state index contributed by atoms with van der Waals surface area (Å²) in [5, 5.41) is 2.53. The van der Waals surface area contributed by atoms with Gasteiger partial charge in [-0.05, 0) is 29.8 Å². The number of rotatable bonds is 5. The van der Waals surface area contributed by atoms with Gasteiger partial charge in [-0.25, -0.2) is 8.78 Å². The minimum absolute atomic E-state index is 0.0890. The predicted octanol–water partition coefficient (Wildman–Crippen LogP) is 2.96. The minimum atomic E-state index is -1.04. The van der Waals surface area contributed by atoms with E-state index in [0.717, 1.165) is 23.4 Å². The standard InChI is InChI=1S/C19H18F2N2O3/c1-26-15-5-2-12(3-6-15)10-23-11-13(8-18(23)24)19(25)22-14-4-7-16(20)17(21)9-14/h2-7,9,13H,8,10-11H2,1H3,(H,22,25). The molecule has 2 aromatic carbocycles. The Morgan fingerprint density at radius 3 is 2.58 bits per heavy atom. The zero-order valence-electron chi connectivity index (χ0n) is 14.2. The highest BCUT2D eigenvalue weighted by Crippen LogP contribution is 2.23. The number of amides is 2. The van der Waals surface area contributed by atoms with Crippen LogP contribution in [-0.4, -0.2) is 30.4 Å². The largest absolute Gasteiger partial charge is 0.497 e. The minimum Gasteiger partial charge on any atom is -0.497 e. The third-order valence-electron chi connectivity index (χ3n) is 4.30. The molecule has 1 aliphatic rings. The van der Waals surface area contributed by atoms with E-state index < -0.39 is 17.6 Å². The van der Waals surface area contributed by atoms with Crippen molar-refractivity contribution in [3.63, 3.8) is 0 Å². The Kier molecular flexibility index (Phi) is 5.16. The molecule has 7 heteroatoms. The van der Waals surface area contributed by atoms with Crippen molar-refractivity contribution >= 4 is 17.5 Å². The van der Waals surface area contributed by atoms with Gasteiger partial charge >= 0.3 is 0 Å². The zero-order chi connectivity index (χ0) is 18.7. The summed E-state index contributed by atoms with van der Waals surface area (Å²) in [5.74, 6) is -2.33.